The molecule has 118 heavy (non-hydrogen) atoms. The molecular formula is C76H106N22O20. The number of carboxylic acids is 2. The maximum atomic E-state index is 14.7. The van der Waals surface area contributed by atoms with Gasteiger partial charge in [0.1, 0.15) is 72.2 Å². The number of H-pyrrole nitrogens is 1. The molecule has 0 fully saturated rings. The zero-order valence-corrected chi connectivity index (χ0v) is 64.7. The number of carboxylic acid groups (broad SMARTS) is 2. The lowest BCUT2D eigenvalue weighted by molar-refractivity contribution is -0.143. The number of carbonyl (C=O) groups is 14. The third-order valence-electron chi connectivity index (χ3n) is 18.0. The molecule has 0 saturated carbocycles. The number of hydrogen-bond acceptors (Lipinski definition) is 23. The lowest BCUT2D eigenvalue weighted by Gasteiger charge is -2.28. The number of carbonyl (C=O) groups excluding carboxylic acids is 12. The summed E-state index contributed by atoms with van der Waals surface area (Å²) in [6.45, 7) is -1.98. The Balaban J connectivity index is 1.37. The minimum atomic E-state index is -2.09. The number of imidazole rings is 1. The Morgan fingerprint density at radius 3 is 1.25 bits per heavy atom. The second-order valence-corrected chi connectivity index (χ2v) is 27.5. The van der Waals surface area contributed by atoms with Gasteiger partial charge in [0.2, 0.25) is 70.9 Å². The second kappa shape index (κ2) is 50.2. The van der Waals surface area contributed by atoms with Crippen molar-refractivity contribution in [3.05, 3.63) is 156 Å². The number of phenols is 1. The van der Waals surface area contributed by atoms with Gasteiger partial charge in [0.25, 0.3) is 0 Å². The fourth-order valence-electron chi connectivity index (χ4n) is 11.7. The number of aromatic amines is 1. The zero-order valence-electron chi connectivity index (χ0n) is 64.7. The molecule has 5 aromatic rings. The topological polar surface area (TPSA) is 709 Å². The van der Waals surface area contributed by atoms with E-state index in [2.05, 4.69) is 79.1 Å². The first-order valence-electron chi connectivity index (χ1n) is 37.7. The number of aromatic hydroxyl groups is 1. The monoisotopic (exact) mass is 1650 g/mol. The minimum absolute atomic E-state index is 0.0163. The average molecular weight is 1650 g/mol. The predicted octanol–water partition coefficient (Wildman–Crippen LogP) is -7.01. The molecule has 0 bridgehead atoms. The number of aliphatic hydroxyl groups is 3. The Morgan fingerprint density at radius 2 is 0.814 bits per heavy atom. The summed E-state index contributed by atoms with van der Waals surface area (Å²) in [4.78, 5) is 202. The number of hydrogen-bond donors (Lipinski definition) is 27. The SMILES string of the molecule is C[C@@H](O)[C@H](NC(=O)[C@H](CC(=O)O)NC(=O)[C@H](Cc1ccccc1)NC(=O)[C@H](CCCCN)NC(=O)[C@H](Cc1cnc[nH]1)NC(=O)[C@@H](N)Cc1ccccc1)C(=O)N[C@@H](CCCNC(=N)N)C(=O)N[C@@H](CCCNC(=N)N)C(=O)NCC(=O)N[C@@H](Cc1ccccc1)C(=O)N[C@@H](Cc1ccc(O)cc1)C(=O)N[C@@H](CO)C(=O)N[C@@H](CO)C(=O)O. The highest BCUT2D eigenvalue weighted by atomic mass is 16.4. The number of amides is 12. The van der Waals surface area contributed by atoms with Crippen LogP contribution in [0.25, 0.3) is 0 Å². The van der Waals surface area contributed by atoms with E-state index in [0.717, 1.165) is 12.5 Å². The Hall–Kier alpha value is -13.2. The van der Waals surface area contributed by atoms with Crippen LogP contribution in [0, 0.1) is 10.8 Å². The highest BCUT2D eigenvalue weighted by Crippen LogP contribution is 2.16. The molecule has 0 unspecified atom stereocenters. The average Bonchev–Trinajstić information content (AvgIpc) is 1.14. The summed E-state index contributed by atoms with van der Waals surface area (Å²) in [6, 6.07) is 10.6. The van der Waals surface area contributed by atoms with Gasteiger partial charge in [-0.15, -0.1) is 0 Å². The highest BCUT2D eigenvalue weighted by Gasteiger charge is 2.38. The van der Waals surface area contributed by atoms with Crippen LogP contribution in [-0.4, -0.2) is 253 Å². The van der Waals surface area contributed by atoms with E-state index in [1.54, 1.807) is 91.0 Å². The molecule has 42 nitrogen and oxygen atoms in total. The van der Waals surface area contributed by atoms with E-state index in [-0.39, 0.29) is 96.0 Å². The van der Waals surface area contributed by atoms with E-state index in [1.807, 2.05) is 5.32 Å². The lowest BCUT2D eigenvalue weighted by atomic mass is 10.0. The van der Waals surface area contributed by atoms with Gasteiger partial charge in [-0.25, -0.2) is 9.78 Å². The number of guanidine groups is 2. The normalized spacial score (nSPS) is 14.3. The van der Waals surface area contributed by atoms with Crippen LogP contribution in [0.1, 0.15) is 86.2 Å². The fourth-order valence-corrected chi connectivity index (χ4v) is 11.7. The molecule has 0 aliphatic rings. The first-order valence-corrected chi connectivity index (χ1v) is 37.7. The van der Waals surface area contributed by atoms with E-state index in [0.29, 0.717) is 28.8 Å². The summed E-state index contributed by atoms with van der Waals surface area (Å²) >= 11 is 0. The molecule has 5 rings (SSSR count). The summed E-state index contributed by atoms with van der Waals surface area (Å²) in [5.74, 6) is -17.3. The molecule has 640 valence electrons. The third-order valence-corrected chi connectivity index (χ3v) is 18.0. The molecule has 42 heteroatoms. The van der Waals surface area contributed by atoms with Crippen LogP contribution >= 0.6 is 0 Å². The summed E-state index contributed by atoms with van der Waals surface area (Å²) in [5, 5.41) is 110. The Bertz CT molecular complexity index is 4150. The van der Waals surface area contributed by atoms with Crippen molar-refractivity contribution in [1.82, 2.24) is 84.4 Å². The van der Waals surface area contributed by atoms with Gasteiger partial charge >= 0.3 is 11.9 Å². The molecule has 31 N–H and O–H groups in total. The number of aliphatic hydroxyl groups excluding tert-OH is 3. The van der Waals surface area contributed by atoms with Gasteiger partial charge in [-0.3, -0.25) is 73.1 Å². The van der Waals surface area contributed by atoms with Crippen molar-refractivity contribution in [3.8, 4) is 5.75 Å². The van der Waals surface area contributed by atoms with Crippen LogP contribution in [-0.2, 0) is 99.2 Å². The van der Waals surface area contributed by atoms with Gasteiger partial charge in [0.05, 0.1) is 44.7 Å². The molecule has 0 radical (unpaired) electrons. The number of unbranched alkanes of at least 4 members (excludes halogenated alkanes) is 1. The number of aromatic nitrogens is 2. The Morgan fingerprint density at radius 1 is 0.432 bits per heavy atom. The third kappa shape index (κ3) is 34.5. The van der Waals surface area contributed by atoms with Crippen molar-refractivity contribution < 1.29 is 97.8 Å². The molecule has 0 aliphatic carbocycles. The number of benzene rings is 4. The van der Waals surface area contributed by atoms with Crippen molar-refractivity contribution >= 4 is 94.7 Å². The quantitative estimate of drug-likeness (QED) is 0.00977. The highest BCUT2D eigenvalue weighted by molar-refractivity contribution is 6.00. The standard InChI is InChI=1S/C76H106N22O20/c1-42(101)62(98-71(114)57(36-61(104)105)95-68(111)54(33-45-19-9-4-10-20-45)93-66(109)51(21-11-12-28-77)90-70(113)56(35-47-37-83-41-87-47)92-63(106)49(78)31-43-15-5-2-6-16-43)73(116)91-52(23-14-30-85-76(81)82)65(108)89-50(22-13-29-84-75(79)80)64(107)86-38-60(103)88-53(32-44-17-7-3-8-18-44)67(110)94-55(34-46-24-26-48(102)27-25-46)69(112)96-58(39-99)72(115)97-59(40-100)74(117)118/h2-10,15-20,24-27,37,41-42,49-59,62,99-102H,11-14,21-23,28-36,38-40,77-78H2,1H3,(H,83,87)(H,86,107)(H,88,103)(H,89,108)(H,90,113)(H,91,116)(H,92,106)(H,93,109)(H,94,110)(H,95,111)(H,96,112)(H,97,115)(H,98,114)(H,104,105)(H,117,118)(H4,79,80,84)(H4,81,82,85)/t42-,49+,50+,51+,52+,53+,54+,55+,56+,57+,58+,59+,62+/m1/s1. The van der Waals surface area contributed by atoms with Crippen molar-refractivity contribution in [3.63, 3.8) is 0 Å². The minimum Gasteiger partial charge on any atom is -0.508 e. The van der Waals surface area contributed by atoms with Crippen molar-refractivity contribution in [2.45, 2.75) is 169 Å². The van der Waals surface area contributed by atoms with Crippen molar-refractivity contribution in [2.75, 3.05) is 39.4 Å². The fraction of sp³-hybridized carbons (Fsp3) is 0.434. The molecule has 1 aromatic heterocycles. The van der Waals surface area contributed by atoms with Crippen LogP contribution < -0.4 is 97.4 Å². The number of nitrogens with zero attached hydrogens (tertiary/aromatic N) is 1. The van der Waals surface area contributed by atoms with Crippen LogP contribution in [0.2, 0.25) is 0 Å². The molecule has 0 saturated heterocycles. The summed E-state index contributed by atoms with van der Waals surface area (Å²) in [7, 11) is 0. The first kappa shape index (κ1) is 95.4. The molecule has 0 aliphatic heterocycles. The van der Waals surface area contributed by atoms with E-state index in [4.69, 9.17) is 33.8 Å². The molecular weight excluding hydrogens is 1540 g/mol. The van der Waals surface area contributed by atoms with Crippen molar-refractivity contribution in [2.24, 2.45) is 22.9 Å². The number of nitrogens with two attached hydrogens (primary N) is 4. The zero-order chi connectivity index (χ0) is 86.8. The first-order chi connectivity index (χ1) is 56.3. The van der Waals surface area contributed by atoms with Gasteiger partial charge in [-0.05, 0) is 99.2 Å². The number of rotatable bonds is 52. The van der Waals surface area contributed by atoms with E-state index in [9.17, 15) is 97.8 Å². The van der Waals surface area contributed by atoms with E-state index in [1.165, 1.54) is 36.8 Å². The van der Waals surface area contributed by atoms with Crippen LogP contribution in [0.5, 0.6) is 5.75 Å². The van der Waals surface area contributed by atoms with Gasteiger partial charge in [-0.2, -0.15) is 0 Å². The number of aliphatic carboxylic acids is 2. The van der Waals surface area contributed by atoms with Gasteiger partial charge in [-0.1, -0.05) is 103 Å². The van der Waals surface area contributed by atoms with Crippen LogP contribution in [0.15, 0.2) is 128 Å². The lowest BCUT2D eigenvalue weighted by Crippen LogP contribution is -2.62. The van der Waals surface area contributed by atoms with E-state index >= 15 is 0 Å². The summed E-state index contributed by atoms with van der Waals surface area (Å²) < 4.78 is 0. The molecule has 13 atom stereocenters. The molecule has 12 amide bonds. The second-order valence-electron chi connectivity index (χ2n) is 27.5. The van der Waals surface area contributed by atoms with E-state index < -0.39 is 200 Å². The molecule has 0 spiro atoms. The Kier molecular flexibility index (Phi) is 40.6. The van der Waals surface area contributed by atoms with Gasteiger partial charge in [0, 0.05) is 50.7 Å². The smallest absolute Gasteiger partial charge is 0.328 e. The summed E-state index contributed by atoms with van der Waals surface area (Å²) in [5.41, 5.74) is 25.6. The molecule has 1 heterocycles. The number of phenolic OH excluding ortho intramolecular Hbond substituents is 1. The van der Waals surface area contributed by atoms with Gasteiger partial charge in [0.15, 0.2) is 11.9 Å². The van der Waals surface area contributed by atoms with Crippen LogP contribution in [0.4, 0.5) is 0 Å². The maximum absolute atomic E-state index is 14.7. The van der Waals surface area contributed by atoms with Gasteiger partial charge < -0.3 is 133 Å². The molecule has 4 aromatic carbocycles. The largest absolute Gasteiger partial charge is 0.508 e. The Labute approximate surface area is 677 Å². The van der Waals surface area contributed by atoms with Crippen molar-refractivity contribution in [1.29, 1.82) is 10.8 Å². The van der Waals surface area contributed by atoms with Crippen LogP contribution in [0.3, 0.4) is 0 Å². The maximum Gasteiger partial charge on any atom is 0.328 e. The number of nitrogens with one attached hydrogen (secondary N) is 17. The summed E-state index contributed by atoms with van der Waals surface area (Å²) in [6.07, 6.45) is -1.32. The predicted molar refractivity (Wildman–Crippen MR) is 424 cm³/mol.